The standard InChI is InChI=1S/C14H27N3O/c1-12(15)11-14(18)17-9-4-5-13(6-10-17)16-7-2-3-8-16/h12-13H,2-11,15H2,1H3. The second-order valence-electron chi connectivity index (χ2n) is 5.89. The first kappa shape index (κ1) is 13.8. The first-order valence-corrected chi connectivity index (χ1v) is 7.44. The summed E-state index contributed by atoms with van der Waals surface area (Å²) in [5.74, 6) is 0.243. The van der Waals surface area contributed by atoms with Gasteiger partial charge < -0.3 is 15.5 Å². The van der Waals surface area contributed by atoms with Crippen molar-refractivity contribution in [2.75, 3.05) is 26.2 Å². The third-order valence-corrected chi connectivity index (χ3v) is 4.20. The fourth-order valence-corrected chi connectivity index (χ4v) is 3.20. The Morgan fingerprint density at radius 1 is 1.17 bits per heavy atom. The maximum Gasteiger partial charge on any atom is 0.224 e. The molecule has 2 saturated heterocycles. The van der Waals surface area contributed by atoms with Crippen molar-refractivity contribution in [1.29, 1.82) is 0 Å². The maximum atomic E-state index is 12.0. The zero-order valence-corrected chi connectivity index (χ0v) is 11.6. The Bertz CT molecular complexity index is 274. The number of hydrogen-bond donors (Lipinski definition) is 1. The van der Waals surface area contributed by atoms with Gasteiger partial charge in [0.25, 0.3) is 0 Å². The molecule has 2 aliphatic heterocycles. The molecule has 0 aromatic rings. The van der Waals surface area contributed by atoms with Crippen LogP contribution in [0, 0.1) is 0 Å². The highest BCUT2D eigenvalue weighted by Gasteiger charge is 2.26. The van der Waals surface area contributed by atoms with E-state index in [1.54, 1.807) is 0 Å². The summed E-state index contributed by atoms with van der Waals surface area (Å²) in [6.45, 7) is 6.28. The first-order chi connectivity index (χ1) is 8.66. The van der Waals surface area contributed by atoms with Crippen LogP contribution < -0.4 is 5.73 Å². The van der Waals surface area contributed by atoms with E-state index in [9.17, 15) is 4.79 Å². The van der Waals surface area contributed by atoms with Gasteiger partial charge in [-0.05, 0) is 52.1 Å². The summed E-state index contributed by atoms with van der Waals surface area (Å²) in [6.07, 6.45) is 6.74. The van der Waals surface area contributed by atoms with E-state index >= 15 is 0 Å². The molecule has 1 amide bonds. The molecule has 0 bridgehead atoms. The highest BCUT2D eigenvalue weighted by Crippen LogP contribution is 2.21. The number of hydrogen-bond acceptors (Lipinski definition) is 3. The Morgan fingerprint density at radius 2 is 1.89 bits per heavy atom. The summed E-state index contributed by atoms with van der Waals surface area (Å²) in [4.78, 5) is 16.7. The van der Waals surface area contributed by atoms with Crippen molar-refractivity contribution in [3.8, 4) is 0 Å². The molecule has 2 atom stereocenters. The van der Waals surface area contributed by atoms with E-state index in [2.05, 4.69) is 4.90 Å². The van der Waals surface area contributed by atoms with Crippen LogP contribution in [-0.4, -0.2) is 54.0 Å². The first-order valence-electron chi connectivity index (χ1n) is 7.44. The Morgan fingerprint density at radius 3 is 2.56 bits per heavy atom. The van der Waals surface area contributed by atoms with Crippen molar-refractivity contribution < 1.29 is 4.79 Å². The molecule has 2 heterocycles. The molecule has 2 N–H and O–H groups in total. The Hall–Kier alpha value is -0.610. The van der Waals surface area contributed by atoms with Crippen LogP contribution in [0.5, 0.6) is 0 Å². The molecule has 2 unspecified atom stereocenters. The normalized spacial score (nSPS) is 28.1. The summed E-state index contributed by atoms with van der Waals surface area (Å²) in [5, 5.41) is 0. The molecule has 4 nitrogen and oxygen atoms in total. The van der Waals surface area contributed by atoms with E-state index in [0.29, 0.717) is 12.5 Å². The molecule has 0 spiro atoms. The quantitative estimate of drug-likeness (QED) is 0.822. The molecule has 0 aliphatic carbocycles. The summed E-state index contributed by atoms with van der Waals surface area (Å²) < 4.78 is 0. The molecule has 2 rings (SSSR count). The lowest BCUT2D eigenvalue weighted by molar-refractivity contribution is -0.131. The van der Waals surface area contributed by atoms with Gasteiger partial charge in [-0.15, -0.1) is 0 Å². The van der Waals surface area contributed by atoms with Crippen molar-refractivity contribution in [3.05, 3.63) is 0 Å². The second kappa shape index (κ2) is 6.53. The average molecular weight is 253 g/mol. The molecule has 2 aliphatic rings. The van der Waals surface area contributed by atoms with Crippen molar-refractivity contribution in [2.45, 2.75) is 57.5 Å². The maximum absolute atomic E-state index is 12.0. The molecule has 104 valence electrons. The van der Waals surface area contributed by atoms with Gasteiger partial charge in [-0.2, -0.15) is 0 Å². The molecule has 0 radical (unpaired) electrons. The van der Waals surface area contributed by atoms with Crippen molar-refractivity contribution in [1.82, 2.24) is 9.80 Å². The molecule has 0 aromatic heterocycles. The number of likely N-dealkylation sites (tertiary alicyclic amines) is 2. The van der Waals surface area contributed by atoms with Gasteiger partial charge in [0.15, 0.2) is 0 Å². The zero-order valence-electron chi connectivity index (χ0n) is 11.6. The number of amides is 1. The third kappa shape index (κ3) is 3.69. The minimum atomic E-state index is -0.0184. The predicted molar refractivity (Wildman–Crippen MR) is 73.3 cm³/mol. The Labute approximate surface area is 110 Å². The Balaban J connectivity index is 1.82. The molecule has 0 aromatic carbocycles. The lowest BCUT2D eigenvalue weighted by Gasteiger charge is -2.26. The average Bonchev–Trinajstić information content (AvgIpc) is 2.72. The minimum absolute atomic E-state index is 0.0184. The number of rotatable bonds is 3. The fraction of sp³-hybridized carbons (Fsp3) is 0.929. The van der Waals surface area contributed by atoms with Crippen LogP contribution in [0.4, 0.5) is 0 Å². The molecule has 18 heavy (non-hydrogen) atoms. The van der Waals surface area contributed by atoms with Gasteiger partial charge in [-0.25, -0.2) is 0 Å². The minimum Gasteiger partial charge on any atom is -0.343 e. The van der Waals surface area contributed by atoms with Gasteiger partial charge in [0.2, 0.25) is 5.91 Å². The number of carbonyl (C=O) groups excluding carboxylic acids is 1. The smallest absolute Gasteiger partial charge is 0.224 e. The topological polar surface area (TPSA) is 49.6 Å². The lowest BCUT2D eigenvalue weighted by Crippen LogP contribution is -2.37. The van der Waals surface area contributed by atoms with Crippen molar-refractivity contribution >= 4 is 5.91 Å². The van der Waals surface area contributed by atoms with Crippen LogP contribution in [0.1, 0.15) is 45.4 Å². The number of nitrogens with zero attached hydrogens (tertiary/aromatic N) is 2. The van der Waals surface area contributed by atoms with Crippen LogP contribution >= 0.6 is 0 Å². The van der Waals surface area contributed by atoms with Crippen LogP contribution in [0.25, 0.3) is 0 Å². The van der Waals surface area contributed by atoms with Crippen molar-refractivity contribution in [3.63, 3.8) is 0 Å². The zero-order chi connectivity index (χ0) is 13.0. The van der Waals surface area contributed by atoms with Crippen LogP contribution in [-0.2, 0) is 4.79 Å². The fourth-order valence-electron chi connectivity index (χ4n) is 3.20. The van der Waals surface area contributed by atoms with E-state index < -0.39 is 0 Å². The van der Waals surface area contributed by atoms with Gasteiger partial charge in [0.05, 0.1) is 0 Å². The van der Waals surface area contributed by atoms with E-state index in [4.69, 9.17) is 5.73 Å². The van der Waals surface area contributed by atoms with Crippen molar-refractivity contribution in [2.24, 2.45) is 5.73 Å². The van der Waals surface area contributed by atoms with E-state index in [0.717, 1.165) is 25.9 Å². The highest BCUT2D eigenvalue weighted by atomic mass is 16.2. The lowest BCUT2D eigenvalue weighted by atomic mass is 10.1. The van der Waals surface area contributed by atoms with Gasteiger partial charge >= 0.3 is 0 Å². The largest absolute Gasteiger partial charge is 0.343 e. The molecular weight excluding hydrogens is 226 g/mol. The van der Waals surface area contributed by atoms with Crippen LogP contribution in [0.3, 0.4) is 0 Å². The van der Waals surface area contributed by atoms with Gasteiger partial charge in [-0.3, -0.25) is 4.79 Å². The molecular formula is C14H27N3O. The van der Waals surface area contributed by atoms with Crippen LogP contribution in [0.15, 0.2) is 0 Å². The number of nitrogens with two attached hydrogens (primary N) is 1. The van der Waals surface area contributed by atoms with Gasteiger partial charge in [0, 0.05) is 31.6 Å². The summed E-state index contributed by atoms with van der Waals surface area (Å²) in [5.41, 5.74) is 5.71. The Kier molecular flexibility index (Phi) is 5.01. The predicted octanol–water partition coefficient (Wildman–Crippen LogP) is 1.20. The molecule has 0 saturated carbocycles. The van der Waals surface area contributed by atoms with Crippen LogP contribution in [0.2, 0.25) is 0 Å². The molecule has 2 fully saturated rings. The monoisotopic (exact) mass is 253 g/mol. The third-order valence-electron chi connectivity index (χ3n) is 4.20. The highest BCUT2D eigenvalue weighted by molar-refractivity contribution is 5.76. The van der Waals surface area contributed by atoms with E-state index in [1.807, 2.05) is 11.8 Å². The summed E-state index contributed by atoms with van der Waals surface area (Å²) >= 11 is 0. The van der Waals surface area contributed by atoms with E-state index in [-0.39, 0.29) is 11.9 Å². The SMILES string of the molecule is CC(N)CC(=O)N1CCCC(N2CCCC2)CC1. The van der Waals surface area contributed by atoms with E-state index in [1.165, 1.54) is 32.4 Å². The summed E-state index contributed by atoms with van der Waals surface area (Å²) in [7, 11) is 0. The van der Waals surface area contributed by atoms with Gasteiger partial charge in [0.1, 0.15) is 0 Å². The molecule has 4 heteroatoms. The second-order valence-corrected chi connectivity index (χ2v) is 5.89. The number of carbonyl (C=O) groups is 1. The summed E-state index contributed by atoms with van der Waals surface area (Å²) in [6, 6.07) is 0.690. The van der Waals surface area contributed by atoms with Gasteiger partial charge in [-0.1, -0.05) is 0 Å².